The summed E-state index contributed by atoms with van der Waals surface area (Å²) in [7, 11) is 0. The molecular formula is C8H18N4OS. The molecule has 0 atom stereocenters. The molecule has 0 aliphatic heterocycles. The van der Waals surface area contributed by atoms with Gasteiger partial charge in [0.15, 0.2) is 11.1 Å². The molecule has 0 spiro atoms. The molecule has 0 aromatic rings. The zero-order valence-electron chi connectivity index (χ0n) is 8.45. The number of nitrogens with one attached hydrogen (secondary N) is 1. The van der Waals surface area contributed by atoms with Gasteiger partial charge in [-0.15, -0.1) is 0 Å². The summed E-state index contributed by atoms with van der Waals surface area (Å²) < 4.78 is 5.30. The Hall–Kier alpha value is -0.750. The molecule has 0 aliphatic rings. The fourth-order valence-electron chi connectivity index (χ4n) is 0.695. The third-order valence-electron chi connectivity index (χ3n) is 1.34. The van der Waals surface area contributed by atoms with Crippen molar-refractivity contribution in [3.63, 3.8) is 0 Å². The molecule has 0 bridgehead atoms. The topological polar surface area (TPSA) is 97.5 Å². The molecule has 5 nitrogen and oxygen atoms in total. The Morgan fingerprint density at radius 1 is 1.43 bits per heavy atom. The molecular weight excluding hydrogens is 200 g/mol. The van der Waals surface area contributed by atoms with Gasteiger partial charge in [0, 0.05) is 12.4 Å². The quantitative estimate of drug-likeness (QED) is 0.348. The largest absolute Gasteiger partial charge is 0.381 e. The summed E-state index contributed by atoms with van der Waals surface area (Å²) in [4.78, 5) is 3.57. The third-order valence-corrected chi connectivity index (χ3v) is 2.07. The van der Waals surface area contributed by atoms with Gasteiger partial charge in [-0.3, -0.25) is 5.41 Å². The number of unbranched alkanes of at least 4 members (excludes halogenated alkanes) is 1. The van der Waals surface area contributed by atoms with Crippen LogP contribution in [0.4, 0.5) is 0 Å². The average Bonchev–Trinajstić information content (AvgIpc) is 2.10. The van der Waals surface area contributed by atoms with Crippen molar-refractivity contribution in [3.05, 3.63) is 0 Å². The first-order chi connectivity index (χ1) is 6.66. The van der Waals surface area contributed by atoms with Gasteiger partial charge in [0.25, 0.3) is 0 Å². The van der Waals surface area contributed by atoms with Crippen molar-refractivity contribution in [2.24, 2.45) is 16.5 Å². The van der Waals surface area contributed by atoms with Crippen LogP contribution in [0.25, 0.3) is 0 Å². The number of guanidine groups is 1. The number of aliphatic imine (C=N–C) groups is 1. The van der Waals surface area contributed by atoms with E-state index in [0.717, 1.165) is 19.4 Å². The zero-order valence-corrected chi connectivity index (χ0v) is 9.27. The van der Waals surface area contributed by atoms with Gasteiger partial charge >= 0.3 is 0 Å². The van der Waals surface area contributed by atoms with E-state index in [1.807, 2.05) is 0 Å². The number of amidine groups is 1. The van der Waals surface area contributed by atoms with Crippen molar-refractivity contribution >= 4 is 22.9 Å². The number of hydrogen-bond donors (Lipinski definition) is 3. The van der Waals surface area contributed by atoms with E-state index in [-0.39, 0.29) is 11.1 Å². The number of nitrogens with two attached hydrogens (primary N) is 2. The van der Waals surface area contributed by atoms with Crippen molar-refractivity contribution < 1.29 is 4.74 Å². The Bertz CT molecular complexity index is 192. The second kappa shape index (κ2) is 8.83. The summed E-state index contributed by atoms with van der Waals surface area (Å²) in [6, 6.07) is 0. The number of thioether (sulfide) groups is 1. The molecule has 0 saturated carbocycles. The molecule has 6 heteroatoms. The highest BCUT2D eigenvalue weighted by molar-refractivity contribution is 8.13. The van der Waals surface area contributed by atoms with Gasteiger partial charge in [-0.05, 0) is 6.42 Å². The first-order valence-electron chi connectivity index (χ1n) is 4.55. The molecule has 5 N–H and O–H groups in total. The van der Waals surface area contributed by atoms with Crippen LogP contribution >= 0.6 is 11.8 Å². The smallest absolute Gasteiger partial charge is 0.193 e. The minimum atomic E-state index is -0.0746. The summed E-state index contributed by atoms with van der Waals surface area (Å²) in [5, 5.41) is 7.42. The van der Waals surface area contributed by atoms with Crippen LogP contribution < -0.4 is 11.5 Å². The molecule has 14 heavy (non-hydrogen) atoms. The summed E-state index contributed by atoms with van der Waals surface area (Å²) in [6.07, 6.45) is 2.22. The summed E-state index contributed by atoms with van der Waals surface area (Å²) in [6.45, 7) is 3.53. The van der Waals surface area contributed by atoms with E-state index < -0.39 is 0 Å². The molecule has 82 valence electrons. The van der Waals surface area contributed by atoms with Crippen LogP contribution in [0.2, 0.25) is 0 Å². The van der Waals surface area contributed by atoms with Crippen molar-refractivity contribution in [1.82, 2.24) is 0 Å². The van der Waals surface area contributed by atoms with Gasteiger partial charge in [0.2, 0.25) is 0 Å². The van der Waals surface area contributed by atoms with Crippen LogP contribution in [0.15, 0.2) is 4.99 Å². The minimum Gasteiger partial charge on any atom is -0.381 e. The van der Waals surface area contributed by atoms with Crippen molar-refractivity contribution in [3.8, 4) is 0 Å². The maximum atomic E-state index is 7.30. The van der Waals surface area contributed by atoms with E-state index in [0.29, 0.717) is 12.4 Å². The normalized spacial score (nSPS) is 9.79. The van der Waals surface area contributed by atoms with Crippen molar-refractivity contribution in [2.75, 3.05) is 19.0 Å². The van der Waals surface area contributed by atoms with Gasteiger partial charge < -0.3 is 16.2 Å². The fraction of sp³-hybridized carbons (Fsp3) is 0.750. The van der Waals surface area contributed by atoms with Gasteiger partial charge in [0.1, 0.15) is 0 Å². The molecule has 0 amide bonds. The molecule has 0 saturated heterocycles. The lowest BCUT2D eigenvalue weighted by molar-refractivity contribution is 0.147. The maximum absolute atomic E-state index is 7.30. The molecule has 0 radical (unpaired) electrons. The average molecular weight is 218 g/mol. The lowest BCUT2D eigenvalue weighted by Gasteiger charge is -2.01. The van der Waals surface area contributed by atoms with Gasteiger partial charge in [0.05, 0.1) is 6.61 Å². The number of hydrogen-bond acceptors (Lipinski definition) is 3. The Balaban J connectivity index is 3.28. The van der Waals surface area contributed by atoms with Crippen molar-refractivity contribution in [1.29, 1.82) is 5.41 Å². The van der Waals surface area contributed by atoms with Crippen LogP contribution in [0, 0.1) is 5.41 Å². The van der Waals surface area contributed by atoms with E-state index >= 15 is 0 Å². The molecule has 0 heterocycles. The second-order valence-corrected chi connectivity index (χ2v) is 3.74. The fourth-order valence-corrected chi connectivity index (χ4v) is 1.26. The highest BCUT2D eigenvalue weighted by Crippen LogP contribution is 2.02. The molecule has 0 unspecified atom stereocenters. The zero-order chi connectivity index (χ0) is 10.8. The second-order valence-electron chi connectivity index (χ2n) is 2.66. The van der Waals surface area contributed by atoms with E-state index in [4.69, 9.17) is 21.6 Å². The third kappa shape index (κ3) is 9.34. The SMILES string of the molecule is CCCCOCCSC(=N)N=C(N)N. The highest BCUT2D eigenvalue weighted by Gasteiger charge is 1.95. The summed E-state index contributed by atoms with van der Waals surface area (Å²) in [5.41, 5.74) is 10.2. The van der Waals surface area contributed by atoms with Crippen LogP contribution in [0.1, 0.15) is 19.8 Å². The Morgan fingerprint density at radius 3 is 2.71 bits per heavy atom. The predicted octanol–water partition coefficient (Wildman–Crippen LogP) is 0.744. The van der Waals surface area contributed by atoms with Gasteiger partial charge in [-0.2, -0.15) is 4.99 Å². The highest BCUT2D eigenvalue weighted by atomic mass is 32.2. The Labute approximate surface area is 88.8 Å². The van der Waals surface area contributed by atoms with Gasteiger partial charge in [-0.1, -0.05) is 25.1 Å². The number of rotatable bonds is 6. The standard InChI is InChI=1S/C8H18N4OS/c1-2-3-4-13-5-6-14-8(11)12-7(9)10/h2-6H2,1H3,(H5,9,10,11,12). The lowest BCUT2D eigenvalue weighted by Crippen LogP contribution is -2.23. The monoisotopic (exact) mass is 218 g/mol. The molecule has 0 aromatic carbocycles. The van der Waals surface area contributed by atoms with Crippen LogP contribution in [-0.4, -0.2) is 30.1 Å². The Morgan fingerprint density at radius 2 is 2.14 bits per heavy atom. The van der Waals surface area contributed by atoms with E-state index in [1.165, 1.54) is 11.8 Å². The van der Waals surface area contributed by atoms with E-state index in [2.05, 4.69) is 11.9 Å². The Kier molecular flexibility index (Phi) is 8.36. The minimum absolute atomic E-state index is 0.0746. The van der Waals surface area contributed by atoms with E-state index in [1.54, 1.807) is 0 Å². The van der Waals surface area contributed by atoms with Gasteiger partial charge in [-0.25, -0.2) is 0 Å². The summed E-state index contributed by atoms with van der Waals surface area (Å²) >= 11 is 1.27. The molecule has 0 rings (SSSR count). The summed E-state index contributed by atoms with van der Waals surface area (Å²) in [5.74, 6) is 0.633. The number of ether oxygens (including phenoxy) is 1. The van der Waals surface area contributed by atoms with Crippen LogP contribution in [0.3, 0.4) is 0 Å². The molecule has 0 aromatic heterocycles. The van der Waals surface area contributed by atoms with Crippen LogP contribution in [-0.2, 0) is 4.74 Å². The first kappa shape index (κ1) is 13.2. The first-order valence-corrected chi connectivity index (χ1v) is 5.54. The van der Waals surface area contributed by atoms with Crippen LogP contribution in [0.5, 0.6) is 0 Å². The van der Waals surface area contributed by atoms with Crippen molar-refractivity contribution in [2.45, 2.75) is 19.8 Å². The maximum Gasteiger partial charge on any atom is 0.193 e. The van der Waals surface area contributed by atoms with E-state index in [9.17, 15) is 0 Å². The molecule has 0 fully saturated rings. The molecule has 0 aliphatic carbocycles. The number of nitrogens with zero attached hydrogens (tertiary/aromatic N) is 1. The lowest BCUT2D eigenvalue weighted by atomic mass is 10.4. The predicted molar refractivity (Wildman–Crippen MR) is 61.7 cm³/mol.